The van der Waals surface area contributed by atoms with Crippen LogP contribution in [0.5, 0.6) is 0 Å². The van der Waals surface area contributed by atoms with Crippen LogP contribution in [-0.4, -0.2) is 46.2 Å². The van der Waals surface area contributed by atoms with Gasteiger partial charge in [-0.25, -0.2) is 9.59 Å². The molecule has 1 unspecified atom stereocenters. The van der Waals surface area contributed by atoms with Crippen LogP contribution in [0.2, 0.25) is 0 Å². The van der Waals surface area contributed by atoms with E-state index in [9.17, 15) is 35.9 Å². The zero-order valence-electron chi connectivity index (χ0n) is 12.7. The lowest BCUT2D eigenvalue weighted by molar-refractivity contribution is -0.373. The van der Waals surface area contributed by atoms with Gasteiger partial charge in [0.05, 0.1) is 0 Å². The van der Waals surface area contributed by atoms with E-state index in [-0.39, 0.29) is 5.57 Å². The molecule has 0 aromatic carbocycles. The molecule has 0 bridgehead atoms. The van der Waals surface area contributed by atoms with Gasteiger partial charge in [-0.1, -0.05) is 13.2 Å². The van der Waals surface area contributed by atoms with Crippen LogP contribution in [0.4, 0.5) is 26.3 Å². The molecule has 2 N–H and O–H groups in total. The van der Waals surface area contributed by atoms with E-state index in [0.29, 0.717) is 0 Å². The van der Waals surface area contributed by atoms with Crippen LogP contribution in [0.15, 0.2) is 24.8 Å². The van der Waals surface area contributed by atoms with Crippen molar-refractivity contribution in [3.63, 3.8) is 0 Å². The molecule has 0 radical (unpaired) electrons. The van der Waals surface area contributed by atoms with E-state index in [1.165, 1.54) is 6.92 Å². The highest BCUT2D eigenvalue weighted by molar-refractivity contribution is 5.87. The van der Waals surface area contributed by atoms with Gasteiger partial charge >= 0.3 is 24.3 Å². The van der Waals surface area contributed by atoms with E-state index in [1.807, 2.05) is 0 Å². The molecule has 0 aliphatic rings. The Bertz CT molecular complexity index is 466. The molecule has 0 rings (SSSR count). The smallest absolute Gasteiger partial charge is 0.426 e. The highest BCUT2D eigenvalue weighted by atomic mass is 19.4. The number of carbonyl (C=O) groups is 2. The first-order valence-corrected chi connectivity index (χ1v) is 6.07. The maximum Gasteiger partial charge on any atom is 0.426 e. The van der Waals surface area contributed by atoms with E-state index in [2.05, 4.69) is 17.9 Å². The van der Waals surface area contributed by atoms with Gasteiger partial charge in [0.1, 0.15) is 6.10 Å². The lowest BCUT2D eigenvalue weighted by atomic mass is 9.95. The van der Waals surface area contributed by atoms with Crippen molar-refractivity contribution in [3.8, 4) is 0 Å². The Labute approximate surface area is 133 Å². The second-order valence-electron chi connectivity index (χ2n) is 4.60. The minimum absolute atomic E-state index is 0.186. The highest BCUT2D eigenvalue weighted by Crippen LogP contribution is 2.46. The van der Waals surface area contributed by atoms with Gasteiger partial charge in [-0.05, 0) is 13.8 Å². The third-order valence-electron chi connectivity index (χ3n) is 2.35. The summed E-state index contributed by atoms with van der Waals surface area (Å²) in [6.07, 6.45) is -14.7. The van der Waals surface area contributed by atoms with Gasteiger partial charge in [0, 0.05) is 18.1 Å². The average Bonchev–Trinajstić information content (AvgIpc) is 2.36. The fourth-order valence-electron chi connectivity index (χ4n) is 1.13. The summed E-state index contributed by atoms with van der Waals surface area (Å²) in [6.45, 7) is 8.07. The van der Waals surface area contributed by atoms with Crippen molar-refractivity contribution >= 4 is 11.9 Å². The van der Waals surface area contributed by atoms with Crippen molar-refractivity contribution in [2.24, 2.45) is 0 Å². The molecule has 24 heavy (non-hydrogen) atoms. The predicted molar refractivity (Wildman–Crippen MR) is 69.9 cm³/mol. The van der Waals surface area contributed by atoms with Crippen LogP contribution in [0, 0.1) is 0 Å². The van der Waals surface area contributed by atoms with Gasteiger partial charge in [0.25, 0.3) is 5.60 Å². The molecule has 5 nitrogen and oxygen atoms in total. The van der Waals surface area contributed by atoms with Gasteiger partial charge in [0.15, 0.2) is 0 Å². The minimum atomic E-state index is -5.94. The monoisotopic (exact) mass is 366 g/mol. The minimum Gasteiger partial charge on any atom is -0.478 e. The number of esters is 1. The molecule has 0 heterocycles. The number of hydrogen-bond donors (Lipinski definition) is 2. The number of carbonyl (C=O) groups excluding carboxylic acids is 1. The van der Waals surface area contributed by atoms with Crippen molar-refractivity contribution in [3.05, 3.63) is 24.8 Å². The Hall–Kier alpha value is -2.04. The van der Waals surface area contributed by atoms with Gasteiger partial charge < -0.3 is 14.9 Å². The van der Waals surface area contributed by atoms with Gasteiger partial charge in [-0.2, -0.15) is 26.3 Å². The van der Waals surface area contributed by atoms with Gasteiger partial charge in [-0.3, -0.25) is 0 Å². The summed E-state index contributed by atoms with van der Waals surface area (Å²) in [4.78, 5) is 20.2. The lowest BCUT2D eigenvalue weighted by Gasteiger charge is -2.33. The van der Waals surface area contributed by atoms with Crippen LogP contribution in [0.25, 0.3) is 0 Å². The second kappa shape index (κ2) is 8.71. The fourth-order valence-corrected chi connectivity index (χ4v) is 1.13. The van der Waals surface area contributed by atoms with E-state index >= 15 is 0 Å². The highest BCUT2D eigenvalue weighted by Gasteiger charge is 2.70. The van der Waals surface area contributed by atoms with Crippen molar-refractivity contribution < 1.29 is 50.9 Å². The molecular formula is C13H16F6O5. The second-order valence-corrected chi connectivity index (χ2v) is 4.60. The Kier molecular flexibility index (Phi) is 8.79. The maximum absolute atomic E-state index is 12.3. The first-order chi connectivity index (χ1) is 10.5. The van der Waals surface area contributed by atoms with Crippen LogP contribution in [0.1, 0.15) is 20.3 Å². The zero-order valence-corrected chi connectivity index (χ0v) is 12.7. The Morgan fingerprint density at radius 3 is 1.71 bits per heavy atom. The van der Waals surface area contributed by atoms with Crippen LogP contribution in [-0.2, 0) is 14.3 Å². The molecule has 0 saturated heterocycles. The molecule has 0 aromatic rings. The molecule has 0 spiro atoms. The van der Waals surface area contributed by atoms with Crippen molar-refractivity contribution in [2.45, 2.75) is 44.3 Å². The molecule has 1 atom stereocenters. The molecule has 11 heteroatoms. The van der Waals surface area contributed by atoms with Crippen LogP contribution >= 0.6 is 0 Å². The largest absolute Gasteiger partial charge is 0.478 e. The van der Waals surface area contributed by atoms with Crippen molar-refractivity contribution in [1.82, 2.24) is 0 Å². The van der Waals surface area contributed by atoms with Crippen LogP contribution < -0.4 is 0 Å². The predicted octanol–water partition coefficient (Wildman–Crippen LogP) is 3.00. The molecule has 0 amide bonds. The van der Waals surface area contributed by atoms with Crippen molar-refractivity contribution in [2.75, 3.05) is 0 Å². The Balaban J connectivity index is 0. The third-order valence-corrected chi connectivity index (χ3v) is 2.35. The van der Waals surface area contributed by atoms with Crippen molar-refractivity contribution in [1.29, 1.82) is 0 Å². The molecule has 0 aliphatic carbocycles. The van der Waals surface area contributed by atoms with E-state index in [4.69, 9.17) is 10.2 Å². The number of ether oxygens (including phenoxy) is 1. The van der Waals surface area contributed by atoms with Gasteiger partial charge in [0.2, 0.25) is 0 Å². The summed E-state index contributed by atoms with van der Waals surface area (Å²) >= 11 is 0. The van der Waals surface area contributed by atoms with E-state index in [1.54, 1.807) is 0 Å². The topological polar surface area (TPSA) is 83.8 Å². The lowest BCUT2D eigenvalue weighted by Crippen LogP contribution is -2.58. The first kappa shape index (κ1) is 24.2. The summed E-state index contributed by atoms with van der Waals surface area (Å²) in [5, 5.41) is 16.4. The number of carboxylic acid groups (broad SMARTS) is 1. The summed E-state index contributed by atoms with van der Waals surface area (Å²) in [7, 11) is 0. The summed E-state index contributed by atoms with van der Waals surface area (Å²) in [5.74, 6) is -2.12. The molecule has 0 saturated carbocycles. The Morgan fingerprint density at radius 2 is 1.50 bits per heavy atom. The summed E-state index contributed by atoms with van der Waals surface area (Å²) < 4.78 is 78.3. The average molecular weight is 366 g/mol. The first-order valence-electron chi connectivity index (χ1n) is 6.07. The molecule has 0 aromatic heterocycles. The number of carboxylic acids is 1. The van der Waals surface area contributed by atoms with Gasteiger partial charge in [-0.15, -0.1) is 0 Å². The molecular weight excluding hydrogens is 350 g/mol. The molecule has 0 fully saturated rings. The standard InChI is InChI=1S/C10H12F6O3.C3H4O2/c1-5(2)7(17)19-6(3)4-8(18,9(11,12)13)10(14,15)16;1-2-3(4)5/h6,18H,1,4H2,2-3H3;2H,1H2,(H,4,5). The number of hydrogen-bond acceptors (Lipinski definition) is 4. The number of alkyl halides is 6. The summed E-state index contributed by atoms with van der Waals surface area (Å²) in [6, 6.07) is 0. The number of halogens is 6. The summed E-state index contributed by atoms with van der Waals surface area (Å²) in [5.41, 5.74) is -5.12. The number of aliphatic hydroxyl groups is 1. The normalized spacial score (nSPS) is 13.2. The fraction of sp³-hybridized carbons (Fsp3) is 0.538. The molecule has 140 valence electrons. The molecule has 0 aliphatic heterocycles. The Morgan fingerprint density at radius 1 is 1.17 bits per heavy atom. The zero-order chi connectivity index (χ0) is 19.9. The number of aliphatic carboxylic acids is 1. The number of rotatable bonds is 5. The third kappa shape index (κ3) is 7.49. The SMILES string of the molecule is C=C(C)C(=O)OC(C)CC(O)(C(F)(F)F)C(F)(F)F.C=CC(=O)O. The van der Waals surface area contributed by atoms with E-state index < -0.39 is 42.4 Å². The quantitative estimate of drug-likeness (QED) is 0.444. The van der Waals surface area contributed by atoms with Crippen LogP contribution in [0.3, 0.4) is 0 Å². The maximum atomic E-state index is 12.3. The van der Waals surface area contributed by atoms with E-state index in [0.717, 1.165) is 13.0 Å².